The van der Waals surface area contributed by atoms with Gasteiger partial charge in [0.1, 0.15) is 5.82 Å². The molecule has 0 saturated carbocycles. The molecule has 3 aromatic rings. The van der Waals surface area contributed by atoms with E-state index < -0.39 is 0 Å². The number of hydrogen-bond acceptors (Lipinski definition) is 5. The average Bonchev–Trinajstić information content (AvgIpc) is 2.83. The molecule has 0 spiro atoms. The Labute approximate surface area is 122 Å². The van der Waals surface area contributed by atoms with Crippen molar-refractivity contribution in [1.29, 1.82) is 0 Å². The van der Waals surface area contributed by atoms with Crippen LogP contribution in [0.2, 0.25) is 0 Å². The van der Waals surface area contributed by atoms with Crippen molar-refractivity contribution in [3.63, 3.8) is 0 Å². The van der Waals surface area contributed by atoms with Gasteiger partial charge in [-0.2, -0.15) is 0 Å². The van der Waals surface area contributed by atoms with Crippen LogP contribution in [0, 0.1) is 0 Å². The molecule has 2 N–H and O–H groups in total. The first-order chi connectivity index (χ1) is 9.20. The molecule has 0 saturated heterocycles. The monoisotopic (exact) mass is 335 g/mol. The van der Waals surface area contributed by atoms with Gasteiger partial charge in [-0.15, -0.1) is 11.3 Å². The van der Waals surface area contributed by atoms with Gasteiger partial charge < -0.3 is 10.5 Å². The summed E-state index contributed by atoms with van der Waals surface area (Å²) < 4.78 is 7.14. The molecule has 3 heterocycles. The fourth-order valence-corrected chi connectivity index (χ4v) is 3.68. The summed E-state index contributed by atoms with van der Waals surface area (Å²) in [4.78, 5) is 8.48. The summed E-state index contributed by atoms with van der Waals surface area (Å²) in [6, 6.07) is 3.80. The number of hydrogen-bond donors (Lipinski definition) is 1. The van der Waals surface area contributed by atoms with Crippen LogP contribution in [0.1, 0.15) is 0 Å². The van der Waals surface area contributed by atoms with Gasteiger partial charge in [-0.05, 0) is 22.0 Å². The number of ether oxygens (including phenoxy) is 1. The standard InChI is InChI=1S/C13H10BrN3OS/c1-18-10-3-2-7(4-16-10)8-5-17-13(15)11-9(14)6-19-12(8)11/h2-6H,1H3,(H2,15,17). The van der Waals surface area contributed by atoms with Crippen molar-refractivity contribution in [2.24, 2.45) is 0 Å². The zero-order valence-electron chi connectivity index (χ0n) is 10.1. The quantitative estimate of drug-likeness (QED) is 0.775. The summed E-state index contributed by atoms with van der Waals surface area (Å²) in [5.74, 6) is 1.13. The molecule has 6 heteroatoms. The zero-order chi connectivity index (χ0) is 13.4. The van der Waals surface area contributed by atoms with Crippen molar-refractivity contribution in [3.8, 4) is 17.0 Å². The Morgan fingerprint density at radius 2 is 2.11 bits per heavy atom. The second-order valence-corrected chi connectivity index (χ2v) is 5.67. The number of aromatic nitrogens is 2. The first-order valence-corrected chi connectivity index (χ1v) is 7.19. The number of nitrogens with two attached hydrogens (primary N) is 1. The van der Waals surface area contributed by atoms with E-state index in [0.29, 0.717) is 11.7 Å². The number of anilines is 1. The van der Waals surface area contributed by atoms with Gasteiger partial charge in [-0.3, -0.25) is 0 Å². The van der Waals surface area contributed by atoms with Crippen molar-refractivity contribution in [2.45, 2.75) is 0 Å². The second kappa shape index (κ2) is 4.79. The molecule has 0 aliphatic heterocycles. The predicted molar refractivity (Wildman–Crippen MR) is 81.5 cm³/mol. The zero-order valence-corrected chi connectivity index (χ0v) is 12.5. The second-order valence-electron chi connectivity index (χ2n) is 3.93. The Balaban J connectivity index is 2.22. The molecule has 0 fully saturated rings. The maximum Gasteiger partial charge on any atom is 0.212 e. The number of nitrogen functional groups attached to an aromatic ring is 1. The van der Waals surface area contributed by atoms with Crippen LogP contribution >= 0.6 is 27.3 Å². The van der Waals surface area contributed by atoms with E-state index in [1.165, 1.54) is 0 Å². The third-order valence-corrected chi connectivity index (χ3v) is 4.78. The third-order valence-electron chi connectivity index (χ3n) is 2.84. The summed E-state index contributed by atoms with van der Waals surface area (Å²) >= 11 is 5.14. The minimum atomic E-state index is 0.536. The van der Waals surface area contributed by atoms with Crippen molar-refractivity contribution < 1.29 is 4.74 Å². The van der Waals surface area contributed by atoms with Crippen LogP contribution in [0.4, 0.5) is 5.82 Å². The van der Waals surface area contributed by atoms with Crippen LogP contribution in [-0.4, -0.2) is 17.1 Å². The molecule has 0 radical (unpaired) electrons. The number of thiophene rings is 1. The minimum absolute atomic E-state index is 0.536. The average molecular weight is 336 g/mol. The summed E-state index contributed by atoms with van der Waals surface area (Å²) in [6.07, 6.45) is 3.56. The highest BCUT2D eigenvalue weighted by molar-refractivity contribution is 9.10. The molecular weight excluding hydrogens is 326 g/mol. The van der Waals surface area contributed by atoms with Crippen LogP contribution in [0.25, 0.3) is 21.2 Å². The number of fused-ring (bicyclic) bond motifs is 1. The van der Waals surface area contributed by atoms with Crippen molar-refractivity contribution >= 4 is 43.2 Å². The first kappa shape index (κ1) is 12.4. The van der Waals surface area contributed by atoms with Gasteiger partial charge in [0, 0.05) is 49.5 Å². The Morgan fingerprint density at radius 1 is 1.26 bits per heavy atom. The molecule has 0 atom stereocenters. The maximum absolute atomic E-state index is 5.92. The van der Waals surface area contributed by atoms with Crippen molar-refractivity contribution in [2.75, 3.05) is 12.8 Å². The maximum atomic E-state index is 5.92. The van der Waals surface area contributed by atoms with Gasteiger partial charge in [0.2, 0.25) is 5.88 Å². The molecule has 3 aromatic heterocycles. The van der Waals surface area contributed by atoms with E-state index in [1.54, 1.807) is 30.8 Å². The molecule has 19 heavy (non-hydrogen) atoms. The van der Waals surface area contributed by atoms with Gasteiger partial charge in [-0.1, -0.05) is 0 Å². The van der Waals surface area contributed by atoms with Crippen molar-refractivity contribution in [3.05, 3.63) is 34.4 Å². The number of nitrogens with zero attached hydrogens (tertiary/aromatic N) is 2. The third kappa shape index (κ3) is 2.06. The van der Waals surface area contributed by atoms with Crippen molar-refractivity contribution in [1.82, 2.24) is 9.97 Å². The lowest BCUT2D eigenvalue weighted by Gasteiger charge is -2.05. The lowest BCUT2D eigenvalue weighted by Crippen LogP contribution is -1.92. The Bertz CT molecular complexity index is 739. The Kier molecular flexibility index (Phi) is 3.12. The number of pyridine rings is 2. The summed E-state index contributed by atoms with van der Waals surface area (Å²) in [6.45, 7) is 0. The molecule has 0 aliphatic rings. The molecule has 0 amide bonds. The lowest BCUT2D eigenvalue weighted by molar-refractivity contribution is 0.398. The number of rotatable bonds is 2. The highest BCUT2D eigenvalue weighted by Crippen LogP contribution is 2.39. The van der Waals surface area contributed by atoms with Gasteiger partial charge in [0.25, 0.3) is 0 Å². The van der Waals surface area contributed by atoms with Crippen LogP contribution in [0.15, 0.2) is 34.4 Å². The topological polar surface area (TPSA) is 61.0 Å². The highest BCUT2D eigenvalue weighted by Gasteiger charge is 2.12. The normalized spacial score (nSPS) is 10.8. The van der Waals surface area contributed by atoms with E-state index in [1.807, 2.05) is 17.5 Å². The fourth-order valence-electron chi connectivity index (χ4n) is 1.90. The largest absolute Gasteiger partial charge is 0.481 e. The smallest absolute Gasteiger partial charge is 0.212 e. The highest BCUT2D eigenvalue weighted by atomic mass is 79.9. The van der Waals surface area contributed by atoms with E-state index in [4.69, 9.17) is 10.5 Å². The van der Waals surface area contributed by atoms with Crippen LogP contribution in [0.3, 0.4) is 0 Å². The van der Waals surface area contributed by atoms with E-state index in [2.05, 4.69) is 25.9 Å². The molecule has 96 valence electrons. The molecule has 0 bridgehead atoms. The predicted octanol–water partition coefficient (Wildman–Crippen LogP) is 3.71. The number of halogens is 1. The van der Waals surface area contributed by atoms with Crippen LogP contribution in [0.5, 0.6) is 5.88 Å². The minimum Gasteiger partial charge on any atom is -0.481 e. The van der Waals surface area contributed by atoms with Gasteiger partial charge in [0.15, 0.2) is 0 Å². The van der Waals surface area contributed by atoms with E-state index >= 15 is 0 Å². The Hall–Kier alpha value is -1.66. The van der Waals surface area contributed by atoms with E-state index in [-0.39, 0.29) is 0 Å². The molecule has 0 aromatic carbocycles. The SMILES string of the molecule is COc1ccc(-c2cnc(N)c3c(Br)csc23)cn1. The molecular formula is C13H10BrN3OS. The summed E-state index contributed by atoms with van der Waals surface area (Å²) in [5.41, 5.74) is 7.94. The fraction of sp³-hybridized carbons (Fsp3) is 0.0769. The molecule has 4 nitrogen and oxygen atoms in total. The first-order valence-electron chi connectivity index (χ1n) is 5.52. The summed E-state index contributed by atoms with van der Waals surface area (Å²) in [7, 11) is 1.60. The number of methoxy groups -OCH3 is 1. The van der Waals surface area contributed by atoms with Crippen LogP contribution in [-0.2, 0) is 0 Å². The molecule has 3 rings (SSSR count). The van der Waals surface area contributed by atoms with E-state index in [0.717, 1.165) is 25.7 Å². The van der Waals surface area contributed by atoms with Crippen LogP contribution < -0.4 is 10.5 Å². The molecule has 0 unspecified atom stereocenters. The lowest BCUT2D eigenvalue weighted by atomic mass is 10.1. The van der Waals surface area contributed by atoms with Gasteiger partial charge >= 0.3 is 0 Å². The Morgan fingerprint density at radius 3 is 2.79 bits per heavy atom. The van der Waals surface area contributed by atoms with E-state index in [9.17, 15) is 0 Å². The van der Waals surface area contributed by atoms with Gasteiger partial charge in [0.05, 0.1) is 7.11 Å². The summed E-state index contributed by atoms with van der Waals surface area (Å²) in [5, 5.41) is 2.97. The molecule has 0 aliphatic carbocycles. The van der Waals surface area contributed by atoms with Gasteiger partial charge in [-0.25, -0.2) is 9.97 Å².